The van der Waals surface area contributed by atoms with Gasteiger partial charge in [0.05, 0.1) is 22.5 Å². The summed E-state index contributed by atoms with van der Waals surface area (Å²) in [5.74, 6) is -3.70. The van der Waals surface area contributed by atoms with Gasteiger partial charge in [-0.25, -0.2) is 18.2 Å². The number of alkyl halides is 3. The highest BCUT2D eigenvalue weighted by molar-refractivity contribution is 6.06. The van der Waals surface area contributed by atoms with Gasteiger partial charge >= 0.3 is 6.18 Å². The summed E-state index contributed by atoms with van der Waals surface area (Å²) >= 11 is 0. The number of aromatic nitrogens is 2. The van der Waals surface area contributed by atoms with Crippen LogP contribution < -0.4 is 11.1 Å². The van der Waals surface area contributed by atoms with E-state index in [1.807, 2.05) is 0 Å². The number of benzene rings is 3. The van der Waals surface area contributed by atoms with Crippen LogP contribution in [0.15, 0.2) is 79.4 Å². The SMILES string of the molecule is C=C/C=C(/c1ccc(C(F)(F)F)c(C(=O)Nc2ccc(F)cc2)c1)c1nc(CN)c(-c2cccc(F)c2F)n1C. The molecule has 0 aliphatic heterocycles. The molecule has 0 spiro atoms. The molecule has 0 saturated heterocycles. The zero-order chi connectivity index (χ0) is 29.2. The molecule has 0 radical (unpaired) electrons. The van der Waals surface area contributed by atoms with Gasteiger partial charge < -0.3 is 15.6 Å². The summed E-state index contributed by atoms with van der Waals surface area (Å²) in [5, 5.41) is 2.34. The number of nitrogens with two attached hydrogens (primary N) is 1. The lowest BCUT2D eigenvalue weighted by Gasteiger charge is -2.16. The number of anilines is 1. The molecular formula is C29H22F6N4O. The molecule has 0 saturated carbocycles. The van der Waals surface area contributed by atoms with Crippen molar-refractivity contribution in [3.63, 3.8) is 0 Å². The molecule has 0 bridgehead atoms. The number of hydrogen-bond acceptors (Lipinski definition) is 3. The van der Waals surface area contributed by atoms with Crippen molar-refractivity contribution in [3.8, 4) is 11.3 Å². The molecule has 5 nitrogen and oxygen atoms in total. The summed E-state index contributed by atoms with van der Waals surface area (Å²) in [6, 6.07) is 11.1. The van der Waals surface area contributed by atoms with Crippen LogP contribution in [0.5, 0.6) is 0 Å². The van der Waals surface area contributed by atoms with E-state index in [0.29, 0.717) is 0 Å². The van der Waals surface area contributed by atoms with Crippen molar-refractivity contribution in [2.75, 3.05) is 5.32 Å². The summed E-state index contributed by atoms with van der Waals surface area (Å²) in [7, 11) is 1.52. The lowest BCUT2D eigenvalue weighted by molar-refractivity contribution is -0.137. The summed E-state index contributed by atoms with van der Waals surface area (Å²) < 4.78 is 85.0. The van der Waals surface area contributed by atoms with Gasteiger partial charge in [0.15, 0.2) is 11.6 Å². The van der Waals surface area contributed by atoms with Crippen LogP contribution in [0.3, 0.4) is 0 Å². The first-order valence-corrected chi connectivity index (χ1v) is 11.8. The quantitative estimate of drug-likeness (QED) is 0.193. The van der Waals surface area contributed by atoms with E-state index >= 15 is 0 Å². The molecule has 1 aromatic heterocycles. The van der Waals surface area contributed by atoms with Crippen LogP contribution in [0, 0.1) is 17.5 Å². The van der Waals surface area contributed by atoms with Crippen LogP contribution in [-0.2, 0) is 19.8 Å². The third-order valence-electron chi connectivity index (χ3n) is 6.08. The minimum absolute atomic E-state index is 0.0882. The number of amides is 1. The van der Waals surface area contributed by atoms with Gasteiger partial charge in [-0.3, -0.25) is 4.79 Å². The van der Waals surface area contributed by atoms with E-state index in [1.165, 1.54) is 48.0 Å². The zero-order valence-corrected chi connectivity index (χ0v) is 21.0. The Morgan fingerprint density at radius 3 is 2.40 bits per heavy atom. The van der Waals surface area contributed by atoms with Crippen molar-refractivity contribution in [2.45, 2.75) is 12.7 Å². The Kier molecular flexibility index (Phi) is 7.96. The Morgan fingerprint density at radius 2 is 1.77 bits per heavy atom. The van der Waals surface area contributed by atoms with Crippen LogP contribution >= 0.6 is 0 Å². The number of halogens is 6. The number of carbonyl (C=O) groups is 1. The van der Waals surface area contributed by atoms with Crippen LogP contribution in [0.1, 0.15) is 33.0 Å². The lowest BCUT2D eigenvalue weighted by Crippen LogP contribution is -2.19. The molecule has 40 heavy (non-hydrogen) atoms. The second-order valence-electron chi connectivity index (χ2n) is 8.63. The third kappa shape index (κ3) is 5.55. The summed E-state index contributed by atoms with van der Waals surface area (Å²) in [4.78, 5) is 17.5. The molecule has 11 heteroatoms. The fourth-order valence-corrected chi connectivity index (χ4v) is 4.26. The molecule has 3 aromatic carbocycles. The maximum absolute atomic E-state index is 14.7. The maximum atomic E-state index is 14.7. The predicted octanol–water partition coefficient (Wildman–Crippen LogP) is 6.85. The summed E-state index contributed by atoms with van der Waals surface area (Å²) in [6.45, 7) is 3.50. The summed E-state index contributed by atoms with van der Waals surface area (Å²) in [5.41, 5.74) is 4.71. The van der Waals surface area contributed by atoms with E-state index in [9.17, 15) is 31.1 Å². The normalized spacial score (nSPS) is 11.9. The van der Waals surface area contributed by atoms with Crippen LogP contribution in [0.25, 0.3) is 16.8 Å². The van der Waals surface area contributed by atoms with Gasteiger partial charge in [0.2, 0.25) is 0 Å². The first-order chi connectivity index (χ1) is 19.0. The van der Waals surface area contributed by atoms with Gasteiger partial charge in [0.1, 0.15) is 11.6 Å². The van der Waals surface area contributed by atoms with Crippen LogP contribution in [0.2, 0.25) is 0 Å². The van der Waals surface area contributed by atoms with Crippen molar-refractivity contribution in [1.82, 2.24) is 9.55 Å². The van der Waals surface area contributed by atoms with Crippen molar-refractivity contribution >= 4 is 17.2 Å². The Balaban J connectivity index is 1.87. The maximum Gasteiger partial charge on any atom is 0.417 e. The molecule has 0 fully saturated rings. The largest absolute Gasteiger partial charge is 0.417 e. The van der Waals surface area contributed by atoms with E-state index in [2.05, 4.69) is 16.9 Å². The topological polar surface area (TPSA) is 72.9 Å². The number of nitrogens with zero attached hydrogens (tertiary/aromatic N) is 2. The molecule has 0 atom stereocenters. The van der Waals surface area contributed by atoms with Gasteiger partial charge in [-0.05, 0) is 54.1 Å². The van der Waals surface area contributed by atoms with Gasteiger partial charge in [-0.2, -0.15) is 13.2 Å². The second-order valence-corrected chi connectivity index (χ2v) is 8.63. The summed E-state index contributed by atoms with van der Waals surface area (Å²) in [6.07, 6.45) is -2.04. The standard InChI is InChI=1S/C29H22F6N4O/c1-3-5-19(27-38-24(15-36)26(39(27)2)20-6-4-7-23(31)25(20)32)16-8-13-22(29(33,34)35)21(14-16)28(40)37-18-11-9-17(30)10-12-18/h3-14H,1,15,36H2,2H3,(H,37,40)/b19-5-. The Morgan fingerprint density at radius 1 is 1.07 bits per heavy atom. The first-order valence-electron chi connectivity index (χ1n) is 11.8. The van der Waals surface area contributed by atoms with Gasteiger partial charge in [0.25, 0.3) is 5.91 Å². The van der Waals surface area contributed by atoms with Gasteiger partial charge in [-0.1, -0.05) is 30.9 Å². The number of hydrogen-bond donors (Lipinski definition) is 2. The Hall–Kier alpha value is -4.64. The zero-order valence-electron chi connectivity index (χ0n) is 21.0. The number of imidazole rings is 1. The van der Waals surface area contributed by atoms with Crippen LogP contribution in [0.4, 0.5) is 32.0 Å². The molecule has 0 unspecified atom stereocenters. The fraction of sp³-hybridized carbons (Fsp3) is 0.103. The molecule has 4 rings (SSSR count). The number of nitrogens with one attached hydrogen (secondary N) is 1. The average Bonchev–Trinajstić information content (AvgIpc) is 3.24. The second kappa shape index (κ2) is 11.2. The molecule has 3 N–H and O–H groups in total. The van der Waals surface area contributed by atoms with E-state index in [-0.39, 0.29) is 46.1 Å². The van der Waals surface area contributed by atoms with E-state index in [4.69, 9.17) is 5.73 Å². The molecule has 1 amide bonds. The smallest absolute Gasteiger partial charge is 0.327 e. The monoisotopic (exact) mass is 556 g/mol. The highest BCUT2D eigenvalue weighted by Crippen LogP contribution is 2.36. The van der Waals surface area contributed by atoms with Crippen molar-refractivity contribution < 1.29 is 31.1 Å². The molecule has 206 valence electrons. The Labute approximate surface area is 225 Å². The molecule has 0 aliphatic carbocycles. The third-order valence-corrected chi connectivity index (χ3v) is 6.08. The number of rotatable bonds is 7. The number of carbonyl (C=O) groups excluding carboxylic acids is 1. The molecule has 0 aliphatic rings. The van der Waals surface area contributed by atoms with E-state index in [0.717, 1.165) is 36.4 Å². The van der Waals surface area contributed by atoms with Gasteiger partial charge in [-0.15, -0.1) is 0 Å². The number of allylic oxidation sites excluding steroid dienone is 2. The van der Waals surface area contributed by atoms with E-state index < -0.39 is 40.7 Å². The van der Waals surface area contributed by atoms with Crippen molar-refractivity contribution in [3.05, 3.63) is 125 Å². The Bertz CT molecular complexity index is 1620. The predicted molar refractivity (Wildman–Crippen MR) is 140 cm³/mol. The minimum Gasteiger partial charge on any atom is -0.327 e. The van der Waals surface area contributed by atoms with Gasteiger partial charge in [0, 0.05) is 30.4 Å². The molecule has 4 aromatic rings. The molecule has 1 heterocycles. The molecular weight excluding hydrogens is 534 g/mol. The van der Waals surface area contributed by atoms with Crippen molar-refractivity contribution in [1.29, 1.82) is 0 Å². The van der Waals surface area contributed by atoms with Crippen LogP contribution in [-0.4, -0.2) is 15.5 Å². The highest BCUT2D eigenvalue weighted by atomic mass is 19.4. The average molecular weight is 557 g/mol. The van der Waals surface area contributed by atoms with Crippen molar-refractivity contribution in [2.24, 2.45) is 12.8 Å². The lowest BCUT2D eigenvalue weighted by atomic mass is 9.97. The van der Waals surface area contributed by atoms with E-state index in [1.54, 1.807) is 0 Å². The fourth-order valence-electron chi connectivity index (χ4n) is 4.26. The highest BCUT2D eigenvalue weighted by Gasteiger charge is 2.36. The first kappa shape index (κ1) is 28.4. The minimum atomic E-state index is -4.87.